The number of carboxylic acid groups (broad SMARTS) is 1. The molecule has 1 saturated heterocycles. The van der Waals surface area contributed by atoms with E-state index in [1.54, 1.807) is 12.1 Å². The lowest BCUT2D eigenvalue weighted by Gasteiger charge is -2.35. The minimum Gasteiger partial charge on any atom is -0.496 e. The van der Waals surface area contributed by atoms with Crippen molar-refractivity contribution in [2.45, 2.75) is 63.5 Å². The van der Waals surface area contributed by atoms with Gasteiger partial charge in [-0.25, -0.2) is 4.79 Å². The van der Waals surface area contributed by atoms with E-state index in [2.05, 4.69) is 32.5 Å². The molecule has 2 aromatic rings. The Bertz CT molecular complexity index is 1000. The summed E-state index contributed by atoms with van der Waals surface area (Å²) in [5.41, 5.74) is 0.648. The first-order valence-corrected chi connectivity index (χ1v) is 12.6. The summed E-state index contributed by atoms with van der Waals surface area (Å²) in [6.07, 6.45) is 9.27. The molecule has 35 heavy (non-hydrogen) atoms. The number of aromatic carboxylic acids is 1. The van der Waals surface area contributed by atoms with Gasteiger partial charge in [0.05, 0.1) is 7.11 Å². The van der Waals surface area contributed by atoms with E-state index in [1.807, 2.05) is 7.05 Å². The van der Waals surface area contributed by atoms with Crippen LogP contribution in [0.4, 0.5) is 23.5 Å². The Hall–Kier alpha value is -3.14. The van der Waals surface area contributed by atoms with Crippen molar-refractivity contribution in [1.29, 1.82) is 0 Å². The fraction of sp³-hybridized carbons (Fsp3) is 0.600. The summed E-state index contributed by atoms with van der Waals surface area (Å²) in [4.78, 5) is 30.3. The van der Waals surface area contributed by atoms with Crippen LogP contribution in [-0.4, -0.2) is 77.3 Å². The number of likely N-dealkylation sites (tertiary alicyclic amines) is 1. The molecule has 10 heteroatoms. The third-order valence-corrected chi connectivity index (χ3v) is 7.05. The molecule has 0 unspecified atom stereocenters. The monoisotopic (exact) mass is 483 g/mol. The molecule has 1 aliphatic carbocycles. The Kier molecular flexibility index (Phi) is 8.22. The molecule has 1 saturated carbocycles. The van der Waals surface area contributed by atoms with Gasteiger partial charge in [0.1, 0.15) is 11.3 Å². The molecule has 190 valence electrons. The summed E-state index contributed by atoms with van der Waals surface area (Å²) in [5.74, 6) is 0.792. The van der Waals surface area contributed by atoms with E-state index in [4.69, 9.17) is 14.7 Å². The number of nitrogens with one attached hydrogen (secondary N) is 2. The molecule has 0 spiro atoms. The molecule has 0 atom stereocenters. The van der Waals surface area contributed by atoms with Crippen LogP contribution in [0.25, 0.3) is 0 Å². The predicted molar refractivity (Wildman–Crippen MR) is 137 cm³/mol. The van der Waals surface area contributed by atoms with Gasteiger partial charge in [-0.15, -0.1) is 0 Å². The number of anilines is 4. The Balaban J connectivity index is 1.61. The van der Waals surface area contributed by atoms with E-state index < -0.39 is 5.97 Å². The van der Waals surface area contributed by atoms with Crippen LogP contribution >= 0.6 is 0 Å². The van der Waals surface area contributed by atoms with E-state index in [-0.39, 0.29) is 5.56 Å². The Morgan fingerprint density at radius 1 is 1.06 bits per heavy atom. The van der Waals surface area contributed by atoms with Crippen molar-refractivity contribution in [2.24, 2.45) is 0 Å². The van der Waals surface area contributed by atoms with Crippen molar-refractivity contribution in [2.75, 3.05) is 49.8 Å². The summed E-state index contributed by atoms with van der Waals surface area (Å²) in [6, 6.07) is 5.61. The molecule has 10 nitrogen and oxygen atoms in total. The highest BCUT2D eigenvalue weighted by Crippen LogP contribution is 2.27. The van der Waals surface area contributed by atoms with Gasteiger partial charge < -0.3 is 30.3 Å². The first-order valence-electron chi connectivity index (χ1n) is 12.6. The maximum atomic E-state index is 11.7. The lowest BCUT2D eigenvalue weighted by molar-refractivity contribution is 0.0693. The number of aromatic nitrogens is 3. The normalized spacial score (nSPS) is 18.0. The number of nitrogens with zero attached hydrogens (tertiary/aromatic N) is 5. The Labute approximate surface area is 207 Å². The van der Waals surface area contributed by atoms with E-state index in [0.717, 1.165) is 38.8 Å². The number of methoxy groups -OCH3 is 1. The number of benzene rings is 1. The number of hydrogen-bond acceptors (Lipinski definition) is 9. The molecule has 2 aliphatic rings. The lowest BCUT2D eigenvalue weighted by atomic mass is 10.0. The molecule has 0 bridgehead atoms. The van der Waals surface area contributed by atoms with Crippen molar-refractivity contribution in [3.63, 3.8) is 0 Å². The van der Waals surface area contributed by atoms with E-state index in [0.29, 0.717) is 41.4 Å². The number of carboxylic acids is 1. The topological polar surface area (TPSA) is 116 Å². The number of ether oxygens (including phenoxy) is 1. The van der Waals surface area contributed by atoms with Gasteiger partial charge >= 0.3 is 5.97 Å². The third kappa shape index (κ3) is 6.50. The molecule has 1 aliphatic heterocycles. The van der Waals surface area contributed by atoms with Gasteiger partial charge in [0.15, 0.2) is 0 Å². The molecule has 3 N–H and O–H groups in total. The quantitative estimate of drug-likeness (QED) is 0.476. The van der Waals surface area contributed by atoms with Crippen LogP contribution in [0, 0.1) is 0 Å². The van der Waals surface area contributed by atoms with E-state index in [1.165, 1.54) is 38.9 Å². The van der Waals surface area contributed by atoms with Crippen LogP contribution in [0.3, 0.4) is 0 Å². The summed E-state index contributed by atoms with van der Waals surface area (Å²) in [5, 5.41) is 16.3. The number of rotatable bonds is 8. The second-order valence-corrected chi connectivity index (χ2v) is 9.61. The number of piperidine rings is 1. The maximum Gasteiger partial charge on any atom is 0.339 e. The van der Waals surface area contributed by atoms with Gasteiger partial charge in [0.25, 0.3) is 0 Å². The average Bonchev–Trinajstić information content (AvgIpc) is 3.12. The fourth-order valence-electron chi connectivity index (χ4n) is 4.88. The molecule has 1 aromatic carbocycles. The summed E-state index contributed by atoms with van der Waals surface area (Å²) in [7, 11) is 5.65. The molecule has 1 aromatic heterocycles. The van der Waals surface area contributed by atoms with Crippen molar-refractivity contribution in [1.82, 2.24) is 19.9 Å². The van der Waals surface area contributed by atoms with Gasteiger partial charge in [0, 0.05) is 24.8 Å². The van der Waals surface area contributed by atoms with Gasteiger partial charge in [-0.1, -0.05) is 25.7 Å². The molecule has 0 radical (unpaired) electrons. The standard InChI is InChI=1S/C25H37N7O3/c1-31-14-12-19(13-15-31)32(2)25-29-23(26-17-8-6-4-5-7-9-17)28-24(30-25)27-18-10-11-21(35-3)20(16-18)22(33)34/h10-11,16-17,19H,4-9,12-15H2,1-3H3,(H,33,34)(H2,26,27,28,29,30). The highest BCUT2D eigenvalue weighted by atomic mass is 16.5. The largest absolute Gasteiger partial charge is 0.496 e. The van der Waals surface area contributed by atoms with Crippen molar-refractivity contribution in [3.05, 3.63) is 23.8 Å². The van der Waals surface area contributed by atoms with Crippen LogP contribution in [0.1, 0.15) is 61.7 Å². The Morgan fingerprint density at radius 3 is 2.40 bits per heavy atom. The maximum absolute atomic E-state index is 11.7. The Morgan fingerprint density at radius 2 is 1.74 bits per heavy atom. The minimum absolute atomic E-state index is 0.0760. The van der Waals surface area contributed by atoms with Gasteiger partial charge in [-0.05, 0) is 64.0 Å². The van der Waals surface area contributed by atoms with Crippen LogP contribution in [0.15, 0.2) is 18.2 Å². The van der Waals surface area contributed by atoms with E-state index >= 15 is 0 Å². The van der Waals surface area contributed by atoms with Crippen molar-refractivity contribution < 1.29 is 14.6 Å². The average molecular weight is 484 g/mol. The molecule has 0 amide bonds. The number of carbonyl (C=O) groups is 1. The second kappa shape index (κ2) is 11.5. The molecule has 2 heterocycles. The lowest BCUT2D eigenvalue weighted by Crippen LogP contribution is -2.42. The zero-order valence-corrected chi connectivity index (χ0v) is 21.0. The highest BCUT2D eigenvalue weighted by molar-refractivity contribution is 5.92. The summed E-state index contributed by atoms with van der Waals surface area (Å²) in [6.45, 7) is 2.09. The SMILES string of the molecule is COc1ccc(Nc2nc(NC3CCCCCC3)nc(N(C)C3CCN(C)CC3)n2)cc1C(=O)O. The highest BCUT2D eigenvalue weighted by Gasteiger charge is 2.24. The van der Waals surface area contributed by atoms with Crippen molar-refractivity contribution >= 4 is 29.5 Å². The first kappa shape index (κ1) is 25.0. The second-order valence-electron chi connectivity index (χ2n) is 9.61. The summed E-state index contributed by atoms with van der Waals surface area (Å²) >= 11 is 0. The molecular formula is C25H37N7O3. The van der Waals surface area contributed by atoms with Crippen LogP contribution in [0.2, 0.25) is 0 Å². The first-order chi connectivity index (χ1) is 16.9. The predicted octanol–water partition coefficient (Wildman–Crippen LogP) is 3.99. The number of hydrogen-bond donors (Lipinski definition) is 3. The zero-order chi connectivity index (χ0) is 24.8. The van der Waals surface area contributed by atoms with Gasteiger partial charge in [0.2, 0.25) is 17.8 Å². The smallest absolute Gasteiger partial charge is 0.339 e. The van der Waals surface area contributed by atoms with Crippen LogP contribution < -0.4 is 20.3 Å². The molecular weight excluding hydrogens is 446 g/mol. The van der Waals surface area contributed by atoms with Crippen LogP contribution in [0.5, 0.6) is 5.75 Å². The zero-order valence-electron chi connectivity index (χ0n) is 21.0. The summed E-state index contributed by atoms with van der Waals surface area (Å²) < 4.78 is 5.18. The van der Waals surface area contributed by atoms with E-state index in [9.17, 15) is 9.90 Å². The van der Waals surface area contributed by atoms with Crippen LogP contribution in [-0.2, 0) is 0 Å². The van der Waals surface area contributed by atoms with Crippen molar-refractivity contribution in [3.8, 4) is 5.75 Å². The van der Waals surface area contributed by atoms with Gasteiger partial charge in [-0.3, -0.25) is 0 Å². The minimum atomic E-state index is -1.06. The molecule has 4 rings (SSSR count). The third-order valence-electron chi connectivity index (χ3n) is 7.05. The fourth-order valence-corrected chi connectivity index (χ4v) is 4.88. The molecule has 2 fully saturated rings. The van der Waals surface area contributed by atoms with Gasteiger partial charge in [-0.2, -0.15) is 15.0 Å².